The van der Waals surface area contributed by atoms with Crippen LogP contribution in [-0.2, 0) is 21.7 Å². The molecule has 0 aliphatic heterocycles. The van der Waals surface area contributed by atoms with E-state index in [4.69, 9.17) is 0 Å². The largest absolute Gasteiger partial charge is 4.00 e. The summed E-state index contributed by atoms with van der Waals surface area (Å²) in [6, 6.07) is 110. The Bertz CT molecular complexity index is 4090. The van der Waals surface area contributed by atoms with Crippen LogP contribution in [0.15, 0.2) is 291 Å². The zero-order chi connectivity index (χ0) is 58.2. The molecule has 0 spiro atoms. The van der Waals surface area contributed by atoms with E-state index in [2.05, 4.69) is 340 Å². The Balaban J connectivity index is 0.00000235. The third-order valence-corrected chi connectivity index (χ3v) is 23.5. The first-order valence-corrected chi connectivity index (χ1v) is 31.9. The van der Waals surface area contributed by atoms with E-state index in [0.29, 0.717) is 0 Å². The molecular weight excluding hydrogens is 1190 g/mol. The van der Waals surface area contributed by atoms with E-state index < -0.39 is 8.07 Å². The maximum atomic E-state index is 2.71. The van der Waals surface area contributed by atoms with Crippen LogP contribution in [0.25, 0.3) is 100 Å². The molecule has 13 aromatic carbocycles. The summed E-state index contributed by atoms with van der Waals surface area (Å²) >= 11 is 0. The van der Waals surface area contributed by atoms with Crippen molar-refractivity contribution in [1.29, 1.82) is 0 Å². The Kier molecular flexibility index (Phi) is 20.6. The maximum absolute atomic E-state index is 4.14. The Morgan fingerprint density at radius 2 is 0.382 bits per heavy atom. The summed E-state index contributed by atoms with van der Waals surface area (Å²) in [5.41, 5.74) is 31.0. The van der Waals surface area contributed by atoms with Gasteiger partial charge in [-0.05, 0) is 153 Å². The van der Waals surface area contributed by atoms with Crippen molar-refractivity contribution in [2.45, 2.75) is 48.5 Å². The monoisotopic (exact) mass is 1260 g/mol. The summed E-state index contributed by atoms with van der Waals surface area (Å²) in [6.45, 7) is 16.8. The molecule has 0 aliphatic carbocycles. The van der Waals surface area contributed by atoms with Crippen molar-refractivity contribution < 1.29 is 58.9 Å². The van der Waals surface area contributed by atoms with Crippen LogP contribution in [0.4, 0.5) is 0 Å². The third-order valence-electron chi connectivity index (χ3n) is 18.4. The van der Waals surface area contributed by atoms with Crippen molar-refractivity contribution in [3.63, 3.8) is 0 Å². The Hall–Kier alpha value is -8.21. The Labute approximate surface area is 562 Å². The van der Waals surface area contributed by atoms with E-state index in [-0.39, 0.29) is 58.9 Å². The van der Waals surface area contributed by atoms with Crippen LogP contribution in [0.5, 0.6) is 0 Å². The first-order valence-electron chi connectivity index (χ1n) is 29.9. The average Bonchev–Trinajstić information content (AvgIpc) is 1.61. The van der Waals surface area contributed by atoms with Gasteiger partial charge in [-0.3, -0.25) is 0 Å². The van der Waals surface area contributed by atoms with E-state index in [1.807, 2.05) is 0 Å². The van der Waals surface area contributed by atoms with Gasteiger partial charge in [0.2, 0.25) is 0 Å². The van der Waals surface area contributed by atoms with Crippen molar-refractivity contribution in [2.24, 2.45) is 0 Å². The normalized spacial score (nSPS) is 11.0. The number of halogens is 3. The predicted octanol–water partition coefficient (Wildman–Crippen LogP) is 11.0. The maximum Gasteiger partial charge on any atom is 4.00 e. The van der Waals surface area contributed by atoms with E-state index >= 15 is 0 Å². The number of hydrogen-bond donors (Lipinski definition) is 0. The van der Waals surface area contributed by atoms with Gasteiger partial charge in [0.05, 0.1) is 0 Å². The molecule has 0 atom stereocenters. The number of rotatable bonds is 13. The molecule has 13 rings (SSSR count). The fraction of sp³-hybridized carbons (Fsp3) is 0.0833. The van der Waals surface area contributed by atoms with Gasteiger partial charge < -0.3 is 37.2 Å². The molecule has 5 heteroatoms. The molecule has 0 bridgehead atoms. The van der Waals surface area contributed by atoms with Gasteiger partial charge in [-0.2, -0.15) is 22.3 Å². The summed E-state index contributed by atoms with van der Waals surface area (Å²) in [4.78, 5) is 0. The molecule has 0 amide bonds. The van der Waals surface area contributed by atoms with Crippen molar-refractivity contribution in [3.05, 3.63) is 330 Å². The number of hydrogen-bond acceptors (Lipinski definition) is 0. The molecule has 13 aromatic rings. The second-order valence-corrected chi connectivity index (χ2v) is 26.6. The van der Waals surface area contributed by atoms with Crippen LogP contribution in [-0.4, -0.2) is 8.07 Å². The smallest absolute Gasteiger partial charge is 1.00 e. The quantitative estimate of drug-likeness (QED) is 0.0613. The van der Waals surface area contributed by atoms with Crippen molar-refractivity contribution in [3.8, 4) is 100 Å². The summed E-state index contributed by atoms with van der Waals surface area (Å²) < 4.78 is 0. The van der Waals surface area contributed by atoms with Crippen LogP contribution in [0.2, 0.25) is 0 Å². The van der Waals surface area contributed by atoms with Crippen molar-refractivity contribution >= 4 is 28.8 Å². The van der Waals surface area contributed by atoms with Crippen molar-refractivity contribution in [1.82, 2.24) is 0 Å². The summed E-state index contributed by atoms with van der Waals surface area (Å²) in [5.74, 6) is 0. The second-order valence-electron chi connectivity index (χ2n) is 23.0. The second kappa shape index (κ2) is 28.1. The molecule has 434 valence electrons. The predicted molar refractivity (Wildman–Crippen MR) is 368 cm³/mol. The minimum atomic E-state index is -4.14. The average molecular weight is 1260 g/mol. The summed E-state index contributed by atoms with van der Waals surface area (Å²) in [5, 5.41) is 5.46. The standard InChI is InChI=1S/C84H69Si.3ClH.Ti/c1-56-57(2)59(4)84(58(56)3)85(75-53-72(63-35-17-8-18-36-63)60(5)78(66-41-23-11-24-42-66)81(75)69-47-29-14-30-48-69,76-54-73(64-37-19-9-20-38-64)61(6)79(67-43-25-12-26-44-67)82(76)70-49-31-15-32-50-70)77-55-74(65-39-21-10-22-40-65)62(7)80(68-45-27-13-28-46-68)83(77)71-51-33-16-34-52-71;;;;/h8-55H,1-7H3;3*1H;/q-1;;;;+4/p-3. The fourth-order valence-corrected chi connectivity index (χ4v) is 20.4. The van der Waals surface area contributed by atoms with Gasteiger partial charge in [-0.15, -0.1) is 5.19 Å². The molecule has 0 unspecified atom stereocenters. The van der Waals surface area contributed by atoms with Gasteiger partial charge in [-0.1, -0.05) is 319 Å². The number of benzene rings is 12. The molecular formula is C84H69Cl3SiTi. The molecule has 0 radical (unpaired) electrons. The van der Waals surface area contributed by atoms with Crippen LogP contribution < -0.4 is 58.0 Å². The topological polar surface area (TPSA) is 0 Å². The molecule has 0 nitrogen and oxygen atoms in total. The zero-order valence-corrected chi connectivity index (χ0v) is 56.2. The minimum Gasteiger partial charge on any atom is -1.00 e. The van der Waals surface area contributed by atoms with Crippen LogP contribution in [0.1, 0.15) is 38.9 Å². The van der Waals surface area contributed by atoms with E-state index in [1.54, 1.807) is 0 Å². The van der Waals surface area contributed by atoms with Gasteiger partial charge in [0.1, 0.15) is 8.07 Å². The Morgan fingerprint density at radius 1 is 0.213 bits per heavy atom. The molecule has 89 heavy (non-hydrogen) atoms. The molecule has 0 saturated heterocycles. The van der Waals surface area contributed by atoms with E-state index in [9.17, 15) is 0 Å². The van der Waals surface area contributed by atoms with Gasteiger partial charge in [-0.25, -0.2) is 0 Å². The van der Waals surface area contributed by atoms with E-state index in [0.717, 1.165) is 0 Å². The fourth-order valence-electron chi connectivity index (χ4n) is 14.2. The minimum absolute atomic E-state index is 0. The first kappa shape index (κ1) is 65.2. The molecule has 0 saturated carbocycles. The third kappa shape index (κ3) is 11.6. The molecule has 0 aromatic heterocycles. The van der Waals surface area contributed by atoms with Gasteiger partial charge in [0.15, 0.2) is 0 Å². The van der Waals surface area contributed by atoms with Crippen LogP contribution in [0.3, 0.4) is 0 Å². The first-order chi connectivity index (χ1) is 41.7. The van der Waals surface area contributed by atoms with E-state index in [1.165, 1.54) is 160 Å². The summed E-state index contributed by atoms with van der Waals surface area (Å²) in [7, 11) is -4.14. The van der Waals surface area contributed by atoms with Crippen LogP contribution >= 0.6 is 0 Å². The molecule has 0 N–H and O–H groups in total. The zero-order valence-electron chi connectivity index (χ0n) is 51.3. The Morgan fingerprint density at radius 3 is 0.573 bits per heavy atom. The molecule has 0 heterocycles. The van der Waals surface area contributed by atoms with Crippen LogP contribution in [0, 0.1) is 48.5 Å². The molecule has 0 aliphatic rings. The van der Waals surface area contributed by atoms with Gasteiger partial charge >= 0.3 is 21.7 Å². The molecule has 0 fully saturated rings. The summed E-state index contributed by atoms with van der Waals surface area (Å²) in [6.07, 6.45) is 0. The van der Waals surface area contributed by atoms with Gasteiger partial charge in [0, 0.05) is 0 Å². The van der Waals surface area contributed by atoms with Gasteiger partial charge in [0.25, 0.3) is 0 Å². The van der Waals surface area contributed by atoms with Crippen molar-refractivity contribution in [2.75, 3.05) is 0 Å². The SMILES string of the molecule is Cc1c(-c2ccccc2)cc([Si](c2cc(-c3ccccc3)c(C)c(-c3ccccc3)c2-c2ccccc2)(c2cc(-c3ccccc3)c(C)c(-c3ccccc3)c2-c2ccccc2)[c-]2c(C)c(C)c(C)c2C)c(-c2ccccc2)c1-c1ccccc1.[Cl-].[Cl-].[Cl-].[Ti+4].